The summed E-state index contributed by atoms with van der Waals surface area (Å²) in [5.41, 5.74) is 1.83. The van der Waals surface area contributed by atoms with E-state index in [2.05, 4.69) is 21.3 Å². The average Bonchev–Trinajstić information content (AvgIpc) is 3.32. The lowest BCUT2D eigenvalue weighted by Crippen LogP contribution is -2.28. The first-order chi connectivity index (χ1) is 14.0. The second-order valence-corrected chi connectivity index (χ2v) is 7.13. The molecule has 0 saturated carbocycles. The molecule has 2 aromatic heterocycles. The van der Waals surface area contributed by atoms with Crippen molar-refractivity contribution in [3.05, 3.63) is 64.9 Å². The first-order valence-electron chi connectivity index (χ1n) is 8.88. The molecule has 0 aliphatic rings. The van der Waals surface area contributed by atoms with Crippen molar-refractivity contribution in [1.29, 1.82) is 0 Å². The van der Waals surface area contributed by atoms with Crippen LogP contribution in [0, 0.1) is 6.92 Å². The van der Waals surface area contributed by atoms with Crippen LogP contribution in [0.4, 0.5) is 21.2 Å². The molecule has 0 unspecified atom stereocenters. The lowest BCUT2D eigenvalue weighted by molar-refractivity contribution is 0.0995. The largest absolute Gasteiger partial charge is 0.459 e. The number of aryl methyl sites for hydroxylation is 1. The van der Waals surface area contributed by atoms with Crippen molar-refractivity contribution in [3.63, 3.8) is 0 Å². The fraction of sp³-hybridized carbons (Fsp3) is 0.150. The maximum Gasteiger partial charge on any atom is 0.319 e. The highest BCUT2D eigenvalue weighted by atomic mass is 32.1. The summed E-state index contributed by atoms with van der Waals surface area (Å²) >= 11 is 1.17. The van der Waals surface area contributed by atoms with Crippen LogP contribution in [0.3, 0.4) is 0 Å². The van der Waals surface area contributed by atoms with Gasteiger partial charge in [-0.25, -0.2) is 4.79 Å². The van der Waals surface area contributed by atoms with Gasteiger partial charge in [0, 0.05) is 17.9 Å². The van der Waals surface area contributed by atoms with Crippen molar-refractivity contribution in [3.8, 4) is 0 Å². The zero-order chi connectivity index (χ0) is 20.8. The van der Waals surface area contributed by atoms with Crippen LogP contribution in [-0.2, 0) is 0 Å². The van der Waals surface area contributed by atoms with Gasteiger partial charge in [-0.2, -0.15) is 0 Å². The molecule has 0 fully saturated rings. The van der Waals surface area contributed by atoms with Crippen molar-refractivity contribution in [2.75, 3.05) is 22.5 Å². The van der Waals surface area contributed by atoms with E-state index in [1.807, 2.05) is 6.92 Å². The Bertz CT molecular complexity index is 1030. The molecule has 4 N–H and O–H groups in total. The summed E-state index contributed by atoms with van der Waals surface area (Å²) < 4.78 is 5.06. The molecule has 29 heavy (non-hydrogen) atoms. The highest BCUT2D eigenvalue weighted by Crippen LogP contribution is 2.28. The van der Waals surface area contributed by atoms with Crippen molar-refractivity contribution >= 4 is 45.6 Å². The van der Waals surface area contributed by atoms with E-state index in [0.717, 1.165) is 5.56 Å². The number of furan rings is 1. The summed E-state index contributed by atoms with van der Waals surface area (Å²) in [5, 5.41) is 11.4. The van der Waals surface area contributed by atoms with E-state index in [1.165, 1.54) is 17.6 Å². The molecule has 0 bridgehead atoms. The molecular weight excluding hydrogens is 392 g/mol. The predicted molar refractivity (Wildman–Crippen MR) is 113 cm³/mol. The third kappa shape index (κ3) is 5.23. The molecule has 0 saturated heterocycles. The molecule has 0 spiro atoms. The Morgan fingerprint density at radius 1 is 0.966 bits per heavy atom. The minimum Gasteiger partial charge on any atom is -0.459 e. The second kappa shape index (κ2) is 9.07. The Morgan fingerprint density at radius 2 is 1.72 bits per heavy atom. The molecule has 9 heteroatoms. The zero-order valence-electron chi connectivity index (χ0n) is 15.9. The molecule has 1 aromatic carbocycles. The molecule has 3 rings (SSSR count). The van der Waals surface area contributed by atoms with E-state index in [1.54, 1.807) is 49.4 Å². The molecule has 0 radical (unpaired) electrons. The summed E-state index contributed by atoms with van der Waals surface area (Å²) in [6.07, 6.45) is 1.42. The number of carbonyl (C=O) groups excluding carboxylic acids is 3. The summed E-state index contributed by atoms with van der Waals surface area (Å²) in [5.74, 6) is -0.494. The van der Waals surface area contributed by atoms with E-state index >= 15 is 0 Å². The molecule has 8 nitrogen and oxygen atoms in total. The van der Waals surface area contributed by atoms with Gasteiger partial charge in [0.1, 0.15) is 0 Å². The average molecular weight is 412 g/mol. The lowest BCUT2D eigenvalue weighted by Gasteiger charge is -2.09. The fourth-order valence-electron chi connectivity index (χ4n) is 2.55. The number of rotatable bonds is 6. The SMILES string of the molecule is CCNC(=O)Nc1cccc(NC(=O)c2sc(NC(=O)c3ccco3)cc2C)c1. The molecule has 0 aliphatic carbocycles. The number of anilines is 3. The van der Waals surface area contributed by atoms with Crippen LogP contribution in [0.5, 0.6) is 0 Å². The number of amides is 4. The number of nitrogens with one attached hydrogen (secondary N) is 4. The van der Waals surface area contributed by atoms with Crippen LogP contribution >= 0.6 is 11.3 Å². The van der Waals surface area contributed by atoms with Gasteiger partial charge in [-0.1, -0.05) is 6.07 Å². The normalized spacial score (nSPS) is 10.3. The first-order valence-corrected chi connectivity index (χ1v) is 9.69. The van der Waals surface area contributed by atoms with Gasteiger partial charge >= 0.3 is 6.03 Å². The zero-order valence-corrected chi connectivity index (χ0v) is 16.7. The van der Waals surface area contributed by atoms with Crippen molar-refractivity contribution < 1.29 is 18.8 Å². The summed E-state index contributed by atoms with van der Waals surface area (Å²) in [4.78, 5) is 36.9. The highest BCUT2D eigenvalue weighted by Gasteiger charge is 2.17. The molecular formula is C20H20N4O4S. The van der Waals surface area contributed by atoms with E-state index in [9.17, 15) is 14.4 Å². The Labute approximate surface area is 171 Å². The third-order valence-corrected chi connectivity index (χ3v) is 4.97. The number of thiophene rings is 1. The van der Waals surface area contributed by atoms with E-state index < -0.39 is 0 Å². The second-order valence-electron chi connectivity index (χ2n) is 6.07. The summed E-state index contributed by atoms with van der Waals surface area (Å²) in [7, 11) is 0. The van der Waals surface area contributed by atoms with Crippen LogP contribution in [0.1, 0.15) is 32.7 Å². The van der Waals surface area contributed by atoms with Gasteiger partial charge in [0.25, 0.3) is 11.8 Å². The molecule has 0 atom stereocenters. The number of urea groups is 1. The molecule has 4 amide bonds. The van der Waals surface area contributed by atoms with E-state index in [4.69, 9.17) is 4.42 Å². The predicted octanol–water partition coefficient (Wildman–Crippen LogP) is 4.30. The van der Waals surface area contributed by atoms with Gasteiger partial charge in [-0.15, -0.1) is 11.3 Å². The minimum absolute atomic E-state index is 0.193. The van der Waals surface area contributed by atoms with Crippen molar-refractivity contribution in [2.24, 2.45) is 0 Å². The van der Waals surface area contributed by atoms with Gasteiger partial charge in [-0.05, 0) is 55.8 Å². The quantitative estimate of drug-likeness (QED) is 0.484. The maximum absolute atomic E-state index is 12.7. The Hall–Kier alpha value is -3.59. The van der Waals surface area contributed by atoms with E-state index in [-0.39, 0.29) is 23.6 Å². The highest BCUT2D eigenvalue weighted by molar-refractivity contribution is 7.18. The fourth-order valence-corrected chi connectivity index (χ4v) is 3.51. The Balaban J connectivity index is 1.67. The van der Waals surface area contributed by atoms with Crippen LogP contribution in [0.15, 0.2) is 53.1 Å². The number of benzene rings is 1. The van der Waals surface area contributed by atoms with Gasteiger partial charge in [0.15, 0.2) is 5.76 Å². The smallest absolute Gasteiger partial charge is 0.319 e. The van der Waals surface area contributed by atoms with Crippen molar-refractivity contribution in [1.82, 2.24) is 5.32 Å². The maximum atomic E-state index is 12.7. The van der Waals surface area contributed by atoms with Crippen LogP contribution in [0.25, 0.3) is 0 Å². The molecule has 2 heterocycles. The first kappa shape index (κ1) is 20.2. The molecule has 0 aliphatic heterocycles. The summed E-state index contributed by atoms with van der Waals surface area (Å²) in [6.45, 7) is 4.13. The standard InChI is InChI=1S/C20H20N4O4S/c1-3-21-20(27)23-14-7-4-6-13(11-14)22-19(26)17-12(2)10-16(29-17)24-18(25)15-8-5-9-28-15/h4-11H,3H2,1-2H3,(H,22,26)(H,24,25)(H2,21,23,27). The Kier molecular flexibility index (Phi) is 6.30. The van der Waals surface area contributed by atoms with Gasteiger partial charge in [-0.3, -0.25) is 9.59 Å². The van der Waals surface area contributed by atoms with Gasteiger partial charge < -0.3 is 25.7 Å². The number of hydrogen-bond acceptors (Lipinski definition) is 5. The number of hydrogen-bond donors (Lipinski definition) is 4. The monoisotopic (exact) mass is 412 g/mol. The minimum atomic E-state index is -0.382. The van der Waals surface area contributed by atoms with Crippen LogP contribution in [-0.4, -0.2) is 24.4 Å². The van der Waals surface area contributed by atoms with E-state index in [0.29, 0.717) is 27.8 Å². The third-order valence-electron chi connectivity index (χ3n) is 3.82. The van der Waals surface area contributed by atoms with Crippen LogP contribution in [0.2, 0.25) is 0 Å². The number of carbonyl (C=O) groups is 3. The molecule has 3 aromatic rings. The Morgan fingerprint density at radius 3 is 2.41 bits per heavy atom. The summed E-state index contributed by atoms with van der Waals surface area (Å²) in [6, 6.07) is 11.4. The van der Waals surface area contributed by atoms with Gasteiger partial charge in [0.2, 0.25) is 0 Å². The van der Waals surface area contributed by atoms with Gasteiger partial charge in [0.05, 0.1) is 16.1 Å². The lowest BCUT2D eigenvalue weighted by atomic mass is 10.2. The van der Waals surface area contributed by atoms with Crippen LogP contribution < -0.4 is 21.3 Å². The molecule has 150 valence electrons. The van der Waals surface area contributed by atoms with Crippen molar-refractivity contribution in [2.45, 2.75) is 13.8 Å². The topological polar surface area (TPSA) is 112 Å².